The molecule has 0 aliphatic rings. The van der Waals surface area contributed by atoms with Crippen LogP contribution in [0.1, 0.15) is 37.5 Å². The van der Waals surface area contributed by atoms with Gasteiger partial charge in [-0.1, -0.05) is 38.5 Å². The fourth-order valence-electron chi connectivity index (χ4n) is 2.19. The summed E-state index contributed by atoms with van der Waals surface area (Å²) in [6.07, 6.45) is 0. The Kier molecular flexibility index (Phi) is 4.33. The largest absolute Gasteiger partial charge is 0.456 e. The minimum Gasteiger partial charge on any atom is -0.456 e. The highest BCUT2D eigenvalue weighted by molar-refractivity contribution is 9.10. The van der Waals surface area contributed by atoms with Gasteiger partial charge < -0.3 is 10.5 Å². The van der Waals surface area contributed by atoms with Gasteiger partial charge in [-0.15, -0.1) is 0 Å². The monoisotopic (exact) mass is 347 g/mol. The van der Waals surface area contributed by atoms with Crippen molar-refractivity contribution in [1.82, 2.24) is 0 Å². The molecule has 2 nitrogen and oxygen atoms in total. The molecule has 0 amide bonds. The Balaban J connectivity index is 2.47. The predicted molar refractivity (Wildman–Crippen MR) is 93.2 cm³/mol. The van der Waals surface area contributed by atoms with E-state index in [9.17, 15) is 0 Å². The summed E-state index contributed by atoms with van der Waals surface area (Å²) in [6, 6.07) is 10.1. The quantitative estimate of drug-likeness (QED) is 0.703. The number of hydrogen-bond acceptors (Lipinski definition) is 2. The van der Waals surface area contributed by atoms with Crippen LogP contribution in [0, 0.1) is 13.8 Å². The molecule has 0 aromatic heterocycles. The summed E-state index contributed by atoms with van der Waals surface area (Å²) in [7, 11) is 0. The molecule has 0 aliphatic heterocycles. The highest BCUT2D eigenvalue weighted by Gasteiger charge is 2.20. The van der Waals surface area contributed by atoms with Gasteiger partial charge in [0.05, 0.1) is 4.47 Å². The van der Waals surface area contributed by atoms with Crippen molar-refractivity contribution in [3.8, 4) is 11.5 Å². The average Bonchev–Trinajstić information content (AvgIpc) is 2.36. The number of halogens is 1. The molecule has 112 valence electrons. The number of ether oxygens (including phenoxy) is 1. The Hall–Kier alpha value is -1.48. The third kappa shape index (κ3) is 3.59. The van der Waals surface area contributed by atoms with Crippen molar-refractivity contribution < 1.29 is 4.74 Å². The van der Waals surface area contributed by atoms with E-state index in [1.54, 1.807) is 0 Å². The van der Waals surface area contributed by atoms with Gasteiger partial charge in [0, 0.05) is 11.3 Å². The summed E-state index contributed by atoms with van der Waals surface area (Å²) in [4.78, 5) is 0. The lowest BCUT2D eigenvalue weighted by atomic mass is 9.85. The van der Waals surface area contributed by atoms with Crippen molar-refractivity contribution in [2.24, 2.45) is 0 Å². The van der Waals surface area contributed by atoms with E-state index >= 15 is 0 Å². The fraction of sp³-hybridized carbons (Fsp3) is 0.333. The second-order valence-electron chi connectivity index (χ2n) is 6.49. The molecule has 2 rings (SSSR count). The lowest BCUT2D eigenvalue weighted by Crippen LogP contribution is -2.13. The summed E-state index contributed by atoms with van der Waals surface area (Å²) < 4.78 is 7.02. The number of nitrogen functional groups attached to an aromatic ring is 1. The molecule has 0 heterocycles. The summed E-state index contributed by atoms with van der Waals surface area (Å²) in [5.74, 6) is 1.68. The Morgan fingerprint density at radius 2 is 1.67 bits per heavy atom. The topological polar surface area (TPSA) is 35.2 Å². The van der Waals surface area contributed by atoms with Crippen LogP contribution in [-0.2, 0) is 5.41 Å². The number of nitrogens with two attached hydrogens (primary N) is 1. The number of hydrogen-bond donors (Lipinski definition) is 1. The molecule has 0 saturated heterocycles. The fourth-order valence-corrected chi connectivity index (χ4v) is 2.63. The first kappa shape index (κ1) is 15.9. The Bertz CT molecular complexity index is 672. The van der Waals surface area contributed by atoms with Crippen LogP contribution in [-0.4, -0.2) is 0 Å². The molecule has 2 N–H and O–H groups in total. The van der Waals surface area contributed by atoms with Crippen LogP contribution >= 0.6 is 15.9 Å². The van der Waals surface area contributed by atoms with E-state index in [2.05, 4.69) is 55.8 Å². The molecular formula is C18H22BrNO. The number of anilines is 1. The van der Waals surface area contributed by atoms with E-state index < -0.39 is 0 Å². The SMILES string of the molecule is Cc1ccc(Oc2cc(C)c(N)cc2Br)c(C(C)(C)C)c1. The van der Waals surface area contributed by atoms with Crippen LogP contribution in [0.25, 0.3) is 0 Å². The van der Waals surface area contributed by atoms with Crippen molar-refractivity contribution in [1.29, 1.82) is 0 Å². The van der Waals surface area contributed by atoms with Gasteiger partial charge >= 0.3 is 0 Å². The van der Waals surface area contributed by atoms with E-state index in [1.807, 2.05) is 25.1 Å². The minimum absolute atomic E-state index is 0.0245. The van der Waals surface area contributed by atoms with E-state index in [1.165, 1.54) is 11.1 Å². The zero-order valence-corrected chi connectivity index (χ0v) is 14.8. The third-order valence-electron chi connectivity index (χ3n) is 3.48. The summed E-state index contributed by atoms with van der Waals surface area (Å²) in [5, 5.41) is 0. The van der Waals surface area contributed by atoms with Crippen LogP contribution in [0.2, 0.25) is 0 Å². The molecule has 21 heavy (non-hydrogen) atoms. The Morgan fingerprint density at radius 1 is 1.00 bits per heavy atom. The first-order valence-electron chi connectivity index (χ1n) is 7.03. The van der Waals surface area contributed by atoms with Crippen molar-refractivity contribution in [3.63, 3.8) is 0 Å². The molecule has 0 spiro atoms. The number of benzene rings is 2. The standard InChI is InChI=1S/C18H22BrNO/c1-11-6-7-16(13(8-11)18(3,4)5)21-17-9-12(2)15(20)10-14(17)19/h6-10H,20H2,1-5H3. The molecule has 2 aromatic rings. The molecular weight excluding hydrogens is 326 g/mol. The van der Waals surface area contributed by atoms with Gasteiger partial charge in [0.25, 0.3) is 0 Å². The molecule has 0 atom stereocenters. The van der Waals surface area contributed by atoms with Crippen molar-refractivity contribution in [2.75, 3.05) is 5.73 Å². The van der Waals surface area contributed by atoms with Crippen LogP contribution in [0.3, 0.4) is 0 Å². The minimum atomic E-state index is 0.0245. The van der Waals surface area contributed by atoms with Crippen molar-refractivity contribution in [2.45, 2.75) is 40.0 Å². The van der Waals surface area contributed by atoms with Crippen LogP contribution in [0.4, 0.5) is 5.69 Å². The molecule has 0 bridgehead atoms. The maximum Gasteiger partial charge on any atom is 0.142 e. The first-order chi connectivity index (χ1) is 9.68. The summed E-state index contributed by atoms with van der Waals surface area (Å²) in [6.45, 7) is 10.7. The smallest absolute Gasteiger partial charge is 0.142 e. The van der Waals surface area contributed by atoms with Crippen LogP contribution in [0.15, 0.2) is 34.8 Å². The van der Waals surface area contributed by atoms with Crippen molar-refractivity contribution >= 4 is 21.6 Å². The van der Waals surface area contributed by atoms with E-state index in [0.717, 1.165) is 27.2 Å². The molecule has 0 saturated carbocycles. The molecule has 3 heteroatoms. The normalized spacial score (nSPS) is 11.5. The predicted octanol–water partition coefficient (Wildman–Crippen LogP) is 5.74. The van der Waals surface area contributed by atoms with E-state index in [-0.39, 0.29) is 5.41 Å². The van der Waals surface area contributed by atoms with Gasteiger partial charge in [0.2, 0.25) is 0 Å². The molecule has 0 aliphatic carbocycles. The van der Waals surface area contributed by atoms with Gasteiger partial charge in [-0.2, -0.15) is 0 Å². The molecule has 0 unspecified atom stereocenters. The third-order valence-corrected chi connectivity index (χ3v) is 4.10. The second-order valence-corrected chi connectivity index (χ2v) is 7.35. The van der Waals surface area contributed by atoms with Gasteiger partial charge in [-0.3, -0.25) is 0 Å². The highest BCUT2D eigenvalue weighted by atomic mass is 79.9. The zero-order chi connectivity index (χ0) is 15.8. The zero-order valence-electron chi connectivity index (χ0n) is 13.3. The Labute approximate surface area is 135 Å². The number of rotatable bonds is 2. The van der Waals surface area contributed by atoms with Gasteiger partial charge in [-0.25, -0.2) is 0 Å². The number of aryl methyl sites for hydroxylation is 2. The molecule has 0 radical (unpaired) electrons. The maximum atomic E-state index is 6.16. The van der Waals surface area contributed by atoms with Gasteiger partial charge in [0.1, 0.15) is 11.5 Å². The lowest BCUT2D eigenvalue weighted by Gasteiger charge is -2.23. The van der Waals surface area contributed by atoms with Gasteiger partial charge in [-0.05, 0) is 59.0 Å². The van der Waals surface area contributed by atoms with E-state index in [0.29, 0.717) is 0 Å². The maximum absolute atomic E-state index is 6.16. The lowest BCUT2D eigenvalue weighted by molar-refractivity contribution is 0.452. The van der Waals surface area contributed by atoms with Crippen LogP contribution in [0.5, 0.6) is 11.5 Å². The Morgan fingerprint density at radius 3 is 2.29 bits per heavy atom. The average molecular weight is 348 g/mol. The van der Waals surface area contributed by atoms with Crippen LogP contribution < -0.4 is 10.5 Å². The van der Waals surface area contributed by atoms with Crippen molar-refractivity contribution in [3.05, 3.63) is 51.5 Å². The summed E-state index contributed by atoms with van der Waals surface area (Å²) in [5.41, 5.74) is 10.1. The summed E-state index contributed by atoms with van der Waals surface area (Å²) >= 11 is 3.52. The molecule has 2 aromatic carbocycles. The second kappa shape index (κ2) is 5.72. The van der Waals surface area contributed by atoms with E-state index in [4.69, 9.17) is 10.5 Å². The highest BCUT2D eigenvalue weighted by Crippen LogP contribution is 2.38. The van der Waals surface area contributed by atoms with Gasteiger partial charge in [0.15, 0.2) is 0 Å². The first-order valence-corrected chi connectivity index (χ1v) is 7.82. The molecule has 0 fully saturated rings.